The first-order chi connectivity index (χ1) is 9.19. The van der Waals surface area contributed by atoms with Gasteiger partial charge in [-0.05, 0) is 24.6 Å². The Bertz CT molecular complexity index is 436. The third kappa shape index (κ3) is 3.94. The Morgan fingerprint density at radius 3 is 3.16 bits per heavy atom. The van der Waals surface area contributed by atoms with Gasteiger partial charge in [0.25, 0.3) is 0 Å². The molecule has 0 spiro atoms. The van der Waals surface area contributed by atoms with Gasteiger partial charge in [-0.1, -0.05) is 12.1 Å². The highest BCUT2D eigenvalue weighted by molar-refractivity contribution is 5.89. The van der Waals surface area contributed by atoms with Crippen molar-refractivity contribution in [2.24, 2.45) is 0 Å². The van der Waals surface area contributed by atoms with Crippen molar-refractivity contribution in [1.82, 2.24) is 4.90 Å². The van der Waals surface area contributed by atoms with Crippen LogP contribution < -0.4 is 5.32 Å². The van der Waals surface area contributed by atoms with Gasteiger partial charge in [-0.2, -0.15) is 0 Å². The van der Waals surface area contributed by atoms with Crippen LogP contribution in [-0.2, 0) is 16.1 Å². The van der Waals surface area contributed by atoms with Crippen molar-refractivity contribution < 1.29 is 14.3 Å². The molecule has 0 saturated carbocycles. The number of urea groups is 1. The van der Waals surface area contributed by atoms with Crippen LogP contribution in [0.25, 0.3) is 0 Å². The van der Waals surface area contributed by atoms with E-state index in [1.54, 1.807) is 12.0 Å². The third-order valence-electron chi connectivity index (χ3n) is 3.02. The molecule has 1 aliphatic rings. The van der Waals surface area contributed by atoms with Crippen molar-refractivity contribution in [2.75, 3.05) is 32.1 Å². The van der Waals surface area contributed by atoms with Gasteiger partial charge in [-0.25, -0.2) is 4.79 Å². The fourth-order valence-electron chi connectivity index (χ4n) is 2.11. The van der Waals surface area contributed by atoms with E-state index in [0.29, 0.717) is 26.3 Å². The van der Waals surface area contributed by atoms with Crippen LogP contribution in [0.1, 0.15) is 12.5 Å². The maximum Gasteiger partial charge on any atom is 0.322 e. The maximum atomic E-state index is 12.1. The molecule has 1 heterocycles. The van der Waals surface area contributed by atoms with Crippen molar-refractivity contribution in [3.8, 4) is 0 Å². The SMILES string of the molecule is COCc1cccc(NC(=O)N2CCOC(C)C2)c1. The summed E-state index contributed by atoms with van der Waals surface area (Å²) >= 11 is 0. The largest absolute Gasteiger partial charge is 0.380 e. The molecule has 1 aromatic rings. The Hall–Kier alpha value is -1.59. The van der Waals surface area contributed by atoms with Crippen LogP contribution in [0.5, 0.6) is 0 Å². The van der Waals surface area contributed by atoms with Crippen molar-refractivity contribution in [3.05, 3.63) is 29.8 Å². The van der Waals surface area contributed by atoms with E-state index in [0.717, 1.165) is 11.3 Å². The Balaban J connectivity index is 1.96. The van der Waals surface area contributed by atoms with Gasteiger partial charge in [0.15, 0.2) is 0 Å². The monoisotopic (exact) mass is 264 g/mol. The third-order valence-corrected chi connectivity index (χ3v) is 3.02. The lowest BCUT2D eigenvalue weighted by molar-refractivity contribution is -0.00138. The van der Waals surface area contributed by atoms with E-state index in [1.807, 2.05) is 31.2 Å². The molecule has 1 aliphatic heterocycles. The summed E-state index contributed by atoms with van der Waals surface area (Å²) in [4.78, 5) is 13.9. The molecule has 1 atom stereocenters. The number of hydrogen-bond donors (Lipinski definition) is 1. The van der Waals surface area contributed by atoms with Crippen LogP contribution in [0.3, 0.4) is 0 Å². The molecule has 1 aromatic carbocycles. The predicted octanol–water partition coefficient (Wildman–Crippen LogP) is 2.09. The van der Waals surface area contributed by atoms with E-state index in [4.69, 9.17) is 9.47 Å². The second-order valence-electron chi connectivity index (χ2n) is 4.69. The summed E-state index contributed by atoms with van der Waals surface area (Å²) in [5.41, 5.74) is 1.83. The highest BCUT2D eigenvalue weighted by atomic mass is 16.5. The Labute approximate surface area is 113 Å². The highest BCUT2D eigenvalue weighted by Crippen LogP contribution is 2.13. The molecule has 0 aliphatic carbocycles. The first-order valence-corrected chi connectivity index (χ1v) is 6.44. The Morgan fingerprint density at radius 2 is 2.42 bits per heavy atom. The van der Waals surface area contributed by atoms with E-state index < -0.39 is 0 Å². The summed E-state index contributed by atoms with van der Waals surface area (Å²) in [5.74, 6) is 0. The van der Waals surface area contributed by atoms with E-state index in [-0.39, 0.29) is 12.1 Å². The van der Waals surface area contributed by atoms with Crippen LogP contribution in [0.4, 0.5) is 10.5 Å². The summed E-state index contributed by atoms with van der Waals surface area (Å²) < 4.78 is 10.5. The number of nitrogens with zero attached hydrogens (tertiary/aromatic N) is 1. The number of amides is 2. The van der Waals surface area contributed by atoms with E-state index in [2.05, 4.69) is 5.32 Å². The van der Waals surface area contributed by atoms with Crippen LogP contribution in [0.2, 0.25) is 0 Å². The number of carbonyl (C=O) groups excluding carboxylic acids is 1. The zero-order valence-corrected chi connectivity index (χ0v) is 11.4. The molecule has 1 N–H and O–H groups in total. The highest BCUT2D eigenvalue weighted by Gasteiger charge is 2.21. The molecule has 2 rings (SSSR count). The van der Waals surface area contributed by atoms with Crippen molar-refractivity contribution in [2.45, 2.75) is 19.6 Å². The molecule has 104 valence electrons. The summed E-state index contributed by atoms with van der Waals surface area (Å²) in [6, 6.07) is 7.60. The summed E-state index contributed by atoms with van der Waals surface area (Å²) in [6.07, 6.45) is 0.0966. The quantitative estimate of drug-likeness (QED) is 0.909. The number of ether oxygens (including phenoxy) is 2. The molecule has 0 bridgehead atoms. The molecule has 2 amide bonds. The Kier molecular flexibility index (Phi) is 4.76. The number of anilines is 1. The zero-order valence-electron chi connectivity index (χ0n) is 11.4. The van der Waals surface area contributed by atoms with Crippen molar-refractivity contribution in [1.29, 1.82) is 0 Å². The molecule has 1 saturated heterocycles. The zero-order chi connectivity index (χ0) is 13.7. The summed E-state index contributed by atoms with van der Waals surface area (Å²) in [6.45, 7) is 4.37. The molecule has 1 fully saturated rings. The minimum absolute atomic E-state index is 0.0790. The van der Waals surface area contributed by atoms with E-state index >= 15 is 0 Å². The van der Waals surface area contributed by atoms with Gasteiger partial charge >= 0.3 is 6.03 Å². The van der Waals surface area contributed by atoms with Crippen LogP contribution in [0, 0.1) is 0 Å². The van der Waals surface area contributed by atoms with Crippen LogP contribution in [0.15, 0.2) is 24.3 Å². The molecule has 0 radical (unpaired) electrons. The van der Waals surface area contributed by atoms with Crippen LogP contribution >= 0.6 is 0 Å². The van der Waals surface area contributed by atoms with Gasteiger partial charge in [-0.15, -0.1) is 0 Å². The molecular weight excluding hydrogens is 244 g/mol. The van der Waals surface area contributed by atoms with Gasteiger partial charge in [-0.3, -0.25) is 0 Å². The van der Waals surface area contributed by atoms with Crippen molar-refractivity contribution in [3.63, 3.8) is 0 Å². The number of morpholine rings is 1. The van der Waals surface area contributed by atoms with Crippen LogP contribution in [-0.4, -0.2) is 43.8 Å². The summed E-state index contributed by atoms with van der Waals surface area (Å²) in [5, 5.41) is 2.91. The topological polar surface area (TPSA) is 50.8 Å². The molecule has 19 heavy (non-hydrogen) atoms. The minimum atomic E-state index is -0.0790. The first kappa shape index (κ1) is 13.8. The lowest BCUT2D eigenvalue weighted by atomic mass is 10.2. The van der Waals surface area contributed by atoms with Gasteiger partial charge in [0.2, 0.25) is 0 Å². The smallest absolute Gasteiger partial charge is 0.322 e. The average Bonchev–Trinajstić information content (AvgIpc) is 2.39. The number of benzene rings is 1. The Morgan fingerprint density at radius 1 is 1.58 bits per heavy atom. The number of carbonyl (C=O) groups is 1. The minimum Gasteiger partial charge on any atom is -0.380 e. The number of methoxy groups -OCH3 is 1. The van der Waals surface area contributed by atoms with Gasteiger partial charge in [0.1, 0.15) is 0 Å². The maximum absolute atomic E-state index is 12.1. The molecule has 5 heteroatoms. The van der Waals surface area contributed by atoms with E-state index in [9.17, 15) is 4.79 Å². The standard InChI is InChI=1S/C14H20N2O3/c1-11-9-16(6-7-19-11)14(17)15-13-5-3-4-12(8-13)10-18-2/h3-5,8,11H,6-7,9-10H2,1-2H3,(H,15,17). The van der Waals surface area contributed by atoms with E-state index in [1.165, 1.54) is 0 Å². The number of nitrogens with one attached hydrogen (secondary N) is 1. The van der Waals surface area contributed by atoms with Crippen molar-refractivity contribution >= 4 is 11.7 Å². The lowest BCUT2D eigenvalue weighted by Crippen LogP contribution is -2.46. The van der Waals surface area contributed by atoms with Gasteiger partial charge < -0.3 is 19.7 Å². The average molecular weight is 264 g/mol. The predicted molar refractivity (Wildman–Crippen MR) is 73.2 cm³/mol. The molecule has 0 aromatic heterocycles. The normalized spacial score (nSPS) is 19.3. The lowest BCUT2D eigenvalue weighted by Gasteiger charge is -2.31. The fraction of sp³-hybridized carbons (Fsp3) is 0.500. The molecule has 1 unspecified atom stereocenters. The molecular formula is C14H20N2O3. The van der Waals surface area contributed by atoms with Gasteiger partial charge in [0, 0.05) is 25.9 Å². The summed E-state index contributed by atoms with van der Waals surface area (Å²) in [7, 11) is 1.65. The molecule has 5 nitrogen and oxygen atoms in total. The number of hydrogen-bond acceptors (Lipinski definition) is 3. The second-order valence-corrected chi connectivity index (χ2v) is 4.69. The van der Waals surface area contributed by atoms with Gasteiger partial charge in [0.05, 0.1) is 19.3 Å². The first-order valence-electron chi connectivity index (χ1n) is 6.44. The number of rotatable bonds is 3. The fourth-order valence-corrected chi connectivity index (χ4v) is 2.11. The second kappa shape index (κ2) is 6.54.